The van der Waals surface area contributed by atoms with Crippen molar-refractivity contribution < 1.29 is 18.3 Å². The van der Waals surface area contributed by atoms with Gasteiger partial charge in [-0.1, -0.05) is 11.6 Å². The Kier molecular flexibility index (Phi) is 4.50. The molecule has 0 atom stereocenters. The molecule has 23 heavy (non-hydrogen) atoms. The van der Waals surface area contributed by atoms with Crippen LogP contribution in [0.25, 0.3) is 0 Å². The summed E-state index contributed by atoms with van der Waals surface area (Å²) in [7, 11) is -2.61. The van der Waals surface area contributed by atoms with Crippen LogP contribution in [-0.2, 0) is 17.1 Å². The average molecular weight is 360 g/mol. The molecule has 0 fully saturated rings. The highest BCUT2D eigenvalue weighted by Crippen LogP contribution is 2.36. The molecule has 2 amide bonds. The summed E-state index contributed by atoms with van der Waals surface area (Å²) in [5.41, 5.74) is 0.545. The zero-order valence-corrected chi connectivity index (χ0v) is 13.7. The smallest absolute Gasteiger partial charge is 0.324 e. The minimum Gasteiger partial charge on any atom is -0.504 e. The first kappa shape index (κ1) is 17.1. The second-order valence-electron chi connectivity index (χ2n) is 4.69. The Balaban J connectivity index is 2.27. The van der Waals surface area contributed by atoms with Gasteiger partial charge in [0, 0.05) is 13.1 Å². The van der Waals surface area contributed by atoms with Crippen molar-refractivity contribution >= 4 is 39.2 Å². The predicted octanol–water partition coefficient (Wildman–Crippen LogP) is 1.38. The van der Waals surface area contributed by atoms with Gasteiger partial charge in [0.2, 0.25) is 10.0 Å². The number of rotatable bonds is 3. The van der Waals surface area contributed by atoms with Crippen LogP contribution in [-0.4, -0.2) is 29.3 Å². The summed E-state index contributed by atoms with van der Waals surface area (Å²) in [5.74, 6) is -0.323. The third-order valence-electron chi connectivity index (χ3n) is 2.86. The molecule has 1 aromatic carbocycles. The first-order chi connectivity index (χ1) is 10.6. The summed E-state index contributed by atoms with van der Waals surface area (Å²) in [6.45, 7) is 1.76. The van der Waals surface area contributed by atoms with Crippen LogP contribution in [0, 0.1) is 6.92 Å². The van der Waals surface area contributed by atoms with E-state index in [1.54, 1.807) is 20.0 Å². The minimum absolute atomic E-state index is 0.158. The first-order valence-corrected chi connectivity index (χ1v) is 8.15. The van der Waals surface area contributed by atoms with Crippen molar-refractivity contribution in [2.45, 2.75) is 11.8 Å². The fourth-order valence-corrected chi connectivity index (χ4v) is 3.11. The number of nitrogens with two attached hydrogens (primary N) is 1. The number of benzene rings is 1. The van der Waals surface area contributed by atoms with E-state index in [1.807, 2.05) is 0 Å². The lowest BCUT2D eigenvalue weighted by molar-refractivity contribution is 0.262. The Bertz CT molecular complexity index is 878. The van der Waals surface area contributed by atoms with Crippen molar-refractivity contribution in [1.29, 1.82) is 0 Å². The molecule has 0 unspecified atom stereocenters. The SMILES string of the molecule is Cc1cc(NC(=O)Nc2ccc(Cl)c(S(N)(=O)=O)c2O)n(C)n1. The number of phenolic OH excluding ortho intramolecular Hbond substituents is 1. The molecule has 1 heterocycles. The second kappa shape index (κ2) is 6.07. The van der Waals surface area contributed by atoms with E-state index >= 15 is 0 Å². The Labute approximate surface area is 137 Å². The number of urea groups is 1. The molecule has 0 aliphatic heterocycles. The number of halogens is 1. The van der Waals surface area contributed by atoms with Crippen LogP contribution < -0.4 is 15.8 Å². The van der Waals surface area contributed by atoms with E-state index in [0.29, 0.717) is 11.5 Å². The van der Waals surface area contributed by atoms with E-state index in [1.165, 1.54) is 16.8 Å². The molecule has 0 bridgehead atoms. The normalized spacial score (nSPS) is 11.3. The van der Waals surface area contributed by atoms with Crippen molar-refractivity contribution in [1.82, 2.24) is 9.78 Å². The average Bonchev–Trinajstić information content (AvgIpc) is 2.69. The molecule has 0 aliphatic rings. The molecule has 0 aliphatic carbocycles. The molecule has 124 valence electrons. The van der Waals surface area contributed by atoms with Gasteiger partial charge in [-0.25, -0.2) is 18.4 Å². The molecule has 2 rings (SSSR count). The first-order valence-electron chi connectivity index (χ1n) is 6.22. The van der Waals surface area contributed by atoms with Gasteiger partial charge >= 0.3 is 6.03 Å². The largest absolute Gasteiger partial charge is 0.504 e. The lowest BCUT2D eigenvalue weighted by Gasteiger charge is -2.12. The van der Waals surface area contributed by atoms with Crippen LogP contribution >= 0.6 is 11.6 Å². The molecule has 0 saturated carbocycles. The molecule has 2 aromatic rings. The van der Waals surface area contributed by atoms with Crippen molar-refractivity contribution in [3.05, 3.63) is 28.9 Å². The molecule has 0 radical (unpaired) electrons. The van der Waals surface area contributed by atoms with Gasteiger partial charge < -0.3 is 10.4 Å². The summed E-state index contributed by atoms with van der Waals surface area (Å²) in [6, 6.07) is 3.38. The number of carbonyl (C=O) groups is 1. The van der Waals surface area contributed by atoms with Crippen LogP contribution in [0.2, 0.25) is 5.02 Å². The number of carbonyl (C=O) groups excluding carboxylic acids is 1. The third-order valence-corrected chi connectivity index (χ3v) is 4.27. The molecule has 1 aromatic heterocycles. The number of hydrogen-bond acceptors (Lipinski definition) is 5. The highest BCUT2D eigenvalue weighted by molar-refractivity contribution is 7.89. The minimum atomic E-state index is -4.25. The summed E-state index contributed by atoms with van der Waals surface area (Å²) < 4.78 is 24.3. The second-order valence-corrected chi connectivity index (χ2v) is 6.60. The van der Waals surface area contributed by atoms with Gasteiger partial charge in [-0.2, -0.15) is 5.10 Å². The number of anilines is 2. The van der Waals surface area contributed by atoms with E-state index in [9.17, 15) is 18.3 Å². The van der Waals surface area contributed by atoms with Crippen molar-refractivity contribution in [2.24, 2.45) is 12.2 Å². The van der Waals surface area contributed by atoms with E-state index < -0.39 is 26.7 Å². The maximum atomic E-state index is 12.0. The summed E-state index contributed by atoms with van der Waals surface area (Å²) in [5, 5.41) is 23.6. The van der Waals surface area contributed by atoms with Gasteiger partial charge in [0.05, 0.1) is 16.4 Å². The highest BCUT2D eigenvalue weighted by atomic mass is 35.5. The quantitative estimate of drug-likeness (QED) is 0.613. The number of amides is 2. The number of aromatic nitrogens is 2. The molecule has 0 spiro atoms. The van der Waals surface area contributed by atoms with Gasteiger partial charge in [0.15, 0.2) is 5.75 Å². The van der Waals surface area contributed by atoms with Gasteiger partial charge in [0.25, 0.3) is 0 Å². The molecular weight excluding hydrogens is 346 g/mol. The standard InChI is InChI=1S/C12H14ClN5O4S/c1-6-5-9(18(2)17-6)16-12(20)15-8-4-3-7(13)11(10(8)19)23(14,21)22/h3-5,19H,1-2H3,(H2,14,21,22)(H2,15,16,20). The van der Waals surface area contributed by atoms with Crippen LogP contribution in [0.1, 0.15) is 5.69 Å². The number of nitrogens with zero attached hydrogens (tertiary/aromatic N) is 2. The number of nitrogens with one attached hydrogen (secondary N) is 2. The van der Waals surface area contributed by atoms with E-state index in [2.05, 4.69) is 15.7 Å². The summed E-state index contributed by atoms with van der Waals surface area (Å²) in [4.78, 5) is 11.3. The number of hydrogen-bond donors (Lipinski definition) is 4. The molecule has 0 saturated heterocycles. The van der Waals surface area contributed by atoms with E-state index in [0.717, 1.165) is 0 Å². The Morgan fingerprint density at radius 1 is 1.39 bits per heavy atom. The summed E-state index contributed by atoms with van der Waals surface area (Å²) in [6.07, 6.45) is 0. The van der Waals surface area contributed by atoms with Crippen LogP contribution in [0.4, 0.5) is 16.3 Å². The predicted molar refractivity (Wildman–Crippen MR) is 85.1 cm³/mol. The zero-order valence-electron chi connectivity index (χ0n) is 12.2. The van der Waals surface area contributed by atoms with Gasteiger partial charge in [-0.05, 0) is 19.1 Å². The fourth-order valence-electron chi connectivity index (χ4n) is 1.92. The fraction of sp³-hybridized carbons (Fsp3) is 0.167. The van der Waals surface area contributed by atoms with Crippen molar-refractivity contribution in [2.75, 3.05) is 10.6 Å². The molecule has 5 N–H and O–H groups in total. The lowest BCUT2D eigenvalue weighted by atomic mass is 10.3. The van der Waals surface area contributed by atoms with Crippen LogP contribution in [0.3, 0.4) is 0 Å². The van der Waals surface area contributed by atoms with Gasteiger partial charge in [0.1, 0.15) is 10.7 Å². The zero-order chi connectivity index (χ0) is 17.4. The van der Waals surface area contributed by atoms with Crippen LogP contribution in [0.5, 0.6) is 5.75 Å². The Morgan fingerprint density at radius 2 is 2.04 bits per heavy atom. The molecular formula is C12H14ClN5O4S. The number of aryl methyl sites for hydroxylation is 2. The Morgan fingerprint density at radius 3 is 2.57 bits per heavy atom. The maximum Gasteiger partial charge on any atom is 0.324 e. The summed E-state index contributed by atoms with van der Waals surface area (Å²) >= 11 is 5.72. The van der Waals surface area contributed by atoms with Crippen molar-refractivity contribution in [3.8, 4) is 5.75 Å². The van der Waals surface area contributed by atoms with Gasteiger partial charge in [-0.3, -0.25) is 10.00 Å². The Hall–Kier alpha value is -2.30. The number of sulfonamides is 1. The lowest BCUT2D eigenvalue weighted by Crippen LogP contribution is -2.21. The van der Waals surface area contributed by atoms with Crippen LogP contribution in [0.15, 0.2) is 23.1 Å². The number of aromatic hydroxyl groups is 1. The molecule has 9 nitrogen and oxygen atoms in total. The molecule has 11 heteroatoms. The maximum absolute atomic E-state index is 12.0. The topological polar surface area (TPSA) is 139 Å². The highest BCUT2D eigenvalue weighted by Gasteiger charge is 2.22. The van der Waals surface area contributed by atoms with Gasteiger partial charge in [-0.15, -0.1) is 0 Å². The van der Waals surface area contributed by atoms with E-state index in [4.69, 9.17) is 16.7 Å². The number of phenols is 1. The van der Waals surface area contributed by atoms with E-state index in [-0.39, 0.29) is 10.7 Å². The monoisotopic (exact) mass is 359 g/mol. The number of primary sulfonamides is 1. The van der Waals surface area contributed by atoms with Crippen molar-refractivity contribution in [3.63, 3.8) is 0 Å². The third kappa shape index (κ3) is 3.73.